The number of fused-ring (bicyclic) bond motifs is 3. The third kappa shape index (κ3) is 4.60. The SMILES string of the molecule is Cc1cnc(CN2C[C@@H]3COC[C@H](C2)N(C(=O)c2cc[nH]c2C)C3)[nH]1.O=CO. The predicted octanol–water partition coefficient (Wildman–Crippen LogP) is 1.03. The minimum atomic E-state index is -0.250. The molecule has 9 heteroatoms. The maximum Gasteiger partial charge on any atom is 0.290 e. The maximum absolute atomic E-state index is 13.1. The van der Waals surface area contributed by atoms with E-state index in [2.05, 4.69) is 19.9 Å². The Morgan fingerprint density at radius 2 is 2.14 bits per heavy atom. The molecule has 0 spiro atoms. The van der Waals surface area contributed by atoms with Crippen molar-refractivity contribution in [1.29, 1.82) is 0 Å². The number of aromatic nitrogens is 3. The van der Waals surface area contributed by atoms with E-state index in [-0.39, 0.29) is 18.4 Å². The summed E-state index contributed by atoms with van der Waals surface area (Å²) in [5.74, 6) is 1.42. The number of hydrogen-bond acceptors (Lipinski definition) is 5. The van der Waals surface area contributed by atoms with Crippen molar-refractivity contribution in [1.82, 2.24) is 24.8 Å². The summed E-state index contributed by atoms with van der Waals surface area (Å²) in [4.78, 5) is 36.7. The molecule has 2 aliphatic rings. The molecule has 2 atom stereocenters. The Balaban J connectivity index is 0.000000706. The summed E-state index contributed by atoms with van der Waals surface area (Å²) in [5.41, 5.74) is 2.77. The topological polar surface area (TPSA) is 115 Å². The quantitative estimate of drug-likeness (QED) is 0.676. The number of amides is 1. The van der Waals surface area contributed by atoms with Gasteiger partial charge in [0, 0.05) is 49.3 Å². The average molecular weight is 389 g/mol. The number of carboxylic acid groups (broad SMARTS) is 1. The van der Waals surface area contributed by atoms with E-state index in [4.69, 9.17) is 14.6 Å². The number of ether oxygens (including phenoxy) is 1. The molecule has 4 heterocycles. The highest BCUT2D eigenvalue weighted by Crippen LogP contribution is 2.23. The maximum atomic E-state index is 13.1. The Bertz CT molecular complexity index is 802. The molecule has 1 amide bonds. The van der Waals surface area contributed by atoms with Crippen LogP contribution in [0.2, 0.25) is 0 Å². The highest BCUT2D eigenvalue weighted by Gasteiger charge is 2.36. The summed E-state index contributed by atoms with van der Waals surface area (Å²) in [6.07, 6.45) is 3.69. The van der Waals surface area contributed by atoms with Crippen molar-refractivity contribution in [2.24, 2.45) is 5.92 Å². The van der Waals surface area contributed by atoms with E-state index in [1.165, 1.54) is 0 Å². The summed E-state index contributed by atoms with van der Waals surface area (Å²) in [6, 6.07) is 1.95. The first kappa shape index (κ1) is 20.1. The second-order valence-corrected chi connectivity index (χ2v) is 7.34. The second kappa shape index (κ2) is 9.03. The zero-order valence-electron chi connectivity index (χ0n) is 16.2. The fourth-order valence-corrected chi connectivity index (χ4v) is 3.92. The Morgan fingerprint density at radius 3 is 2.79 bits per heavy atom. The zero-order valence-corrected chi connectivity index (χ0v) is 16.2. The Morgan fingerprint density at radius 1 is 1.36 bits per heavy atom. The highest BCUT2D eigenvalue weighted by atomic mass is 16.5. The molecule has 152 valence electrons. The summed E-state index contributed by atoms with van der Waals surface area (Å²) in [5, 5.41) is 6.89. The van der Waals surface area contributed by atoms with Crippen LogP contribution in [0.25, 0.3) is 0 Å². The van der Waals surface area contributed by atoms with Crippen molar-refractivity contribution in [3.05, 3.63) is 41.2 Å². The first-order valence-corrected chi connectivity index (χ1v) is 9.35. The molecule has 3 N–H and O–H groups in total. The molecule has 0 aliphatic carbocycles. The van der Waals surface area contributed by atoms with E-state index in [9.17, 15) is 4.79 Å². The number of carbonyl (C=O) groups excluding carboxylic acids is 1. The van der Waals surface area contributed by atoms with Crippen LogP contribution in [0.1, 0.15) is 27.6 Å². The van der Waals surface area contributed by atoms with Gasteiger partial charge in [-0.1, -0.05) is 0 Å². The molecule has 0 saturated carbocycles. The van der Waals surface area contributed by atoms with E-state index in [1.54, 1.807) is 0 Å². The van der Waals surface area contributed by atoms with Crippen LogP contribution < -0.4 is 0 Å². The van der Waals surface area contributed by atoms with Gasteiger partial charge in [-0.15, -0.1) is 0 Å². The number of H-pyrrole nitrogens is 2. The molecule has 0 unspecified atom stereocenters. The number of aryl methyl sites for hydroxylation is 2. The van der Waals surface area contributed by atoms with Crippen molar-refractivity contribution < 1.29 is 19.4 Å². The van der Waals surface area contributed by atoms with Gasteiger partial charge in [-0.25, -0.2) is 4.98 Å². The molecule has 9 nitrogen and oxygen atoms in total. The molecular weight excluding hydrogens is 362 g/mol. The van der Waals surface area contributed by atoms with Gasteiger partial charge in [0.25, 0.3) is 12.4 Å². The number of nitrogens with zero attached hydrogens (tertiary/aromatic N) is 3. The zero-order chi connectivity index (χ0) is 20.1. The number of aromatic amines is 2. The van der Waals surface area contributed by atoms with Crippen LogP contribution in [-0.4, -0.2) is 81.1 Å². The van der Waals surface area contributed by atoms with E-state index in [0.717, 1.165) is 49.0 Å². The first-order valence-electron chi connectivity index (χ1n) is 9.35. The fraction of sp³-hybridized carbons (Fsp3) is 0.526. The van der Waals surface area contributed by atoms with Gasteiger partial charge >= 0.3 is 0 Å². The van der Waals surface area contributed by atoms with E-state index < -0.39 is 0 Å². The third-order valence-corrected chi connectivity index (χ3v) is 5.12. The Labute approximate surface area is 163 Å². The molecule has 2 aromatic heterocycles. The van der Waals surface area contributed by atoms with Crippen molar-refractivity contribution in [2.75, 3.05) is 32.8 Å². The van der Waals surface area contributed by atoms with Gasteiger partial charge in [-0.05, 0) is 19.9 Å². The molecular formula is C19H27N5O4. The van der Waals surface area contributed by atoms with Crippen LogP contribution in [0.5, 0.6) is 0 Å². The number of rotatable bonds is 3. The third-order valence-electron chi connectivity index (χ3n) is 5.12. The molecule has 2 fully saturated rings. The van der Waals surface area contributed by atoms with Gasteiger partial charge in [0.2, 0.25) is 0 Å². The predicted molar refractivity (Wildman–Crippen MR) is 102 cm³/mol. The normalized spacial score (nSPS) is 22.1. The Hall–Kier alpha value is -2.65. The molecule has 28 heavy (non-hydrogen) atoms. The molecule has 2 aromatic rings. The average Bonchev–Trinajstić information content (AvgIpc) is 3.13. The molecule has 2 bridgehead atoms. The minimum absolute atomic E-state index is 0.0744. The van der Waals surface area contributed by atoms with Crippen LogP contribution in [-0.2, 0) is 16.1 Å². The van der Waals surface area contributed by atoms with Crippen LogP contribution >= 0.6 is 0 Å². The van der Waals surface area contributed by atoms with Gasteiger partial charge in [0.1, 0.15) is 5.82 Å². The monoisotopic (exact) mass is 389 g/mol. The lowest BCUT2D eigenvalue weighted by Gasteiger charge is -2.31. The van der Waals surface area contributed by atoms with Crippen LogP contribution in [0, 0.1) is 19.8 Å². The van der Waals surface area contributed by atoms with E-state index in [0.29, 0.717) is 19.1 Å². The minimum Gasteiger partial charge on any atom is -0.483 e. The second-order valence-electron chi connectivity index (χ2n) is 7.34. The lowest BCUT2D eigenvalue weighted by atomic mass is 10.1. The van der Waals surface area contributed by atoms with Crippen molar-refractivity contribution in [2.45, 2.75) is 26.4 Å². The largest absolute Gasteiger partial charge is 0.483 e. The Kier molecular flexibility index (Phi) is 6.48. The molecule has 2 saturated heterocycles. The van der Waals surface area contributed by atoms with Crippen LogP contribution in [0.3, 0.4) is 0 Å². The van der Waals surface area contributed by atoms with Gasteiger partial charge in [0.15, 0.2) is 0 Å². The standard InChI is InChI=1S/C18H25N5O2.CH2O2/c1-12-5-20-17(21-12)9-22-6-14-7-23(15(8-22)11-25-10-14)18(24)16-3-4-19-13(16)2;2-1-3/h3-5,14-15,19H,6-11H2,1-2H3,(H,20,21);1H,(H,2,3)/t14-,15-;/m0./s1. The lowest BCUT2D eigenvalue weighted by molar-refractivity contribution is -0.122. The summed E-state index contributed by atoms with van der Waals surface area (Å²) >= 11 is 0. The number of nitrogens with one attached hydrogen (secondary N) is 2. The summed E-state index contributed by atoms with van der Waals surface area (Å²) in [6.45, 7) is 8.28. The van der Waals surface area contributed by atoms with Crippen molar-refractivity contribution >= 4 is 12.4 Å². The molecule has 4 rings (SSSR count). The highest BCUT2D eigenvalue weighted by molar-refractivity contribution is 5.95. The number of imidazole rings is 1. The van der Waals surface area contributed by atoms with Gasteiger partial charge in [-0.2, -0.15) is 0 Å². The summed E-state index contributed by atoms with van der Waals surface area (Å²) in [7, 11) is 0. The molecule has 2 aliphatic heterocycles. The van der Waals surface area contributed by atoms with E-state index >= 15 is 0 Å². The van der Waals surface area contributed by atoms with Crippen molar-refractivity contribution in [3.63, 3.8) is 0 Å². The number of hydrogen-bond donors (Lipinski definition) is 3. The molecule has 0 radical (unpaired) electrons. The van der Waals surface area contributed by atoms with Crippen LogP contribution in [0.4, 0.5) is 0 Å². The van der Waals surface area contributed by atoms with E-state index in [1.807, 2.05) is 37.2 Å². The molecule has 0 aromatic carbocycles. The first-order chi connectivity index (χ1) is 13.5. The van der Waals surface area contributed by atoms with Gasteiger partial charge in [0.05, 0.1) is 31.4 Å². The fourth-order valence-electron chi connectivity index (χ4n) is 3.92. The smallest absolute Gasteiger partial charge is 0.290 e. The van der Waals surface area contributed by atoms with Gasteiger partial charge in [-0.3, -0.25) is 14.5 Å². The van der Waals surface area contributed by atoms with Gasteiger partial charge < -0.3 is 24.7 Å². The van der Waals surface area contributed by atoms with Crippen molar-refractivity contribution in [3.8, 4) is 0 Å². The lowest BCUT2D eigenvalue weighted by Crippen LogP contribution is -2.46. The summed E-state index contributed by atoms with van der Waals surface area (Å²) < 4.78 is 5.84. The number of carbonyl (C=O) groups is 2. The van der Waals surface area contributed by atoms with Crippen LogP contribution in [0.15, 0.2) is 18.5 Å².